The topological polar surface area (TPSA) is 100 Å². The zero-order valence-electron chi connectivity index (χ0n) is 16.7. The Balaban J connectivity index is 1.67. The van der Waals surface area contributed by atoms with Crippen molar-refractivity contribution >= 4 is 18.0 Å². The molecule has 0 aromatic heterocycles. The van der Waals surface area contributed by atoms with Gasteiger partial charge in [0.15, 0.2) is 0 Å². The fraction of sp³-hybridized carbons (Fsp3) is 0.348. The van der Waals surface area contributed by atoms with Crippen molar-refractivity contribution < 1.29 is 9.90 Å². The highest BCUT2D eigenvalue weighted by molar-refractivity contribution is 5.90. The number of aromatic carboxylic acids is 1. The number of likely N-dealkylation sites (tertiary alicyclic amines) is 1. The highest BCUT2D eigenvalue weighted by Gasteiger charge is 2.19. The predicted octanol–water partition coefficient (Wildman–Crippen LogP) is 3.85. The van der Waals surface area contributed by atoms with Crippen LogP contribution in [-0.4, -0.2) is 47.7 Å². The molecule has 1 fully saturated rings. The molecule has 1 heterocycles. The lowest BCUT2D eigenvalue weighted by molar-refractivity contribution is 0.0696. The van der Waals surface area contributed by atoms with Crippen LogP contribution in [0.3, 0.4) is 0 Å². The van der Waals surface area contributed by atoms with Gasteiger partial charge < -0.3 is 20.7 Å². The van der Waals surface area contributed by atoms with E-state index in [0.29, 0.717) is 18.3 Å². The molecule has 0 radical (unpaired) electrons. The Morgan fingerprint density at radius 1 is 1.21 bits per heavy atom. The van der Waals surface area contributed by atoms with Crippen molar-refractivity contribution in [3.63, 3.8) is 0 Å². The number of carboxylic acids is 1. The van der Waals surface area contributed by atoms with Gasteiger partial charge in [-0.15, -0.1) is 0 Å². The van der Waals surface area contributed by atoms with Crippen LogP contribution in [0.4, 0.5) is 0 Å². The van der Waals surface area contributed by atoms with Crippen molar-refractivity contribution in [2.75, 3.05) is 19.6 Å². The van der Waals surface area contributed by atoms with Gasteiger partial charge in [0.25, 0.3) is 0 Å². The summed E-state index contributed by atoms with van der Waals surface area (Å²) < 4.78 is 0. The largest absolute Gasteiger partial charge is 0.478 e. The number of nitrogens with zero attached hydrogens (tertiary/aromatic N) is 1. The molecule has 0 bridgehead atoms. The Bertz CT molecular complexity index is 902. The second kappa shape index (κ2) is 9.47. The molecule has 2 aromatic rings. The molecule has 3 rings (SSSR count). The maximum Gasteiger partial charge on any atom is 0.335 e. The second-order valence-corrected chi connectivity index (χ2v) is 7.64. The lowest BCUT2D eigenvalue weighted by atomic mass is 9.96. The molecule has 0 saturated carbocycles. The predicted molar refractivity (Wildman–Crippen MR) is 116 cm³/mol. The van der Waals surface area contributed by atoms with Crippen molar-refractivity contribution in [2.24, 2.45) is 5.92 Å². The van der Waals surface area contributed by atoms with E-state index in [4.69, 9.17) is 10.8 Å². The molecule has 1 saturated heterocycles. The number of benzene rings is 2. The van der Waals surface area contributed by atoms with Crippen LogP contribution in [0.5, 0.6) is 0 Å². The van der Waals surface area contributed by atoms with E-state index in [1.807, 2.05) is 37.3 Å². The van der Waals surface area contributed by atoms with Crippen LogP contribution >= 0.6 is 0 Å². The van der Waals surface area contributed by atoms with Crippen molar-refractivity contribution in [3.05, 3.63) is 59.2 Å². The molecule has 152 valence electrons. The van der Waals surface area contributed by atoms with Gasteiger partial charge in [-0.25, -0.2) is 4.79 Å². The van der Waals surface area contributed by atoms with E-state index in [0.717, 1.165) is 54.7 Å². The molecule has 0 atom stereocenters. The van der Waals surface area contributed by atoms with E-state index >= 15 is 0 Å². The molecule has 1 aliphatic heterocycles. The summed E-state index contributed by atoms with van der Waals surface area (Å²) in [4.78, 5) is 13.7. The Morgan fingerprint density at radius 2 is 1.97 bits per heavy atom. The fourth-order valence-corrected chi connectivity index (χ4v) is 3.79. The molecule has 6 nitrogen and oxygen atoms in total. The SMILES string of the molecule is CC(=N)N1CCC(CNCc2cc(C(=O)O)cc(-c3cccc(C=N)c3)c2)CC1. The summed E-state index contributed by atoms with van der Waals surface area (Å²) in [7, 11) is 0. The first-order valence-corrected chi connectivity index (χ1v) is 9.95. The van der Waals surface area contributed by atoms with E-state index in [9.17, 15) is 9.90 Å². The molecule has 0 spiro atoms. The van der Waals surface area contributed by atoms with Crippen LogP contribution in [0.25, 0.3) is 11.1 Å². The van der Waals surface area contributed by atoms with E-state index in [1.165, 1.54) is 6.21 Å². The quantitative estimate of drug-likeness (QED) is 0.425. The number of hydrogen-bond donors (Lipinski definition) is 4. The Kier molecular flexibility index (Phi) is 6.77. The van der Waals surface area contributed by atoms with Gasteiger partial charge in [-0.1, -0.05) is 18.2 Å². The van der Waals surface area contributed by atoms with E-state index in [1.54, 1.807) is 12.1 Å². The Morgan fingerprint density at radius 3 is 2.62 bits per heavy atom. The third kappa shape index (κ3) is 5.51. The lowest BCUT2D eigenvalue weighted by Crippen LogP contribution is -2.39. The Labute approximate surface area is 171 Å². The minimum atomic E-state index is -0.939. The number of rotatable bonds is 7. The maximum absolute atomic E-state index is 11.6. The van der Waals surface area contributed by atoms with Gasteiger partial charge >= 0.3 is 5.97 Å². The number of carboxylic acid groups (broad SMARTS) is 1. The zero-order chi connectivity index (χ0) is 20.8. The number of amidine groups is 1. The summed E-state index contributed by atoms with van der Waals surface area (Å²) in [6.45, 7) is 5.21. The molecular formula is C23H28N4O2. The summed E-state index contributed by atoms with van der Waals surface area (Å²) in [5, 5.41) is 28.1. The molecule has 0 amide bonds. The van der Waals surface area contributed by atoms with Gasteiger partial charge in [0.2, 0.25) is 0 Å². The molecule has 4 N–H and O–H groups in total. The molecule has 6 heteroatoms. The molecule has 2 aromatic carbocycles. The number of carbonyl (C=O) groups is 1. The summed E-state index contributed by atoms with van der Waals surface area (Å²) in [6.07, 6.45) is 3.43. The standard InChI is InChI=1S/C23H28N4O2/c1-16(25)27-7-5-17(6-8-27)14-26-15-19-10-21(12-22(11-19)23(28)29)20-4-2-3-18(9-20)13-24/h2-4,9-13,17,24-26H,5-8,14-15H2,1H3,(H,28,29). The van der Waals surface area contributed by atoms with Gasteiger partial charge in [0.1, 0.15) is 0 Å². The third-order valence-electron chi connectivity index (χ3n) is 5.48. The van der Waals surface area contributed by atoms with Gasteiger partial charge in [-0.3, -0.25) is 5.41 Å². The minimum Gasteiger partial charge on any atom is -0.478 e. The van der Waals surface area contributed by atoms with Crippen molar-refractivity contribution in [1.29, 1.82) is 10.8 Å². The number of nitrogens with one attached hydrogen (secondary N) is 3. The normalized spacial score (nSPS) is 14.6. The highest BCUT2D eigenvalue weighted by Crippen LogP contribution is 2.24. The van der Waals surface area contributed by atoms with Gasteiger partial charge in [0, 0.05) is 25.8 Å². The van der Waals surface area contributed by atoms with Crippen molar-refractivity contribution in [1.82, 2.24) is 10.2 Å². The zero-order valence-corrected chi connectivity index (χ0v) is 16.7. The molecule has 1 aliphatic rings. The van der Waals surface area contributed by atoms with Gasteiger partial charge in [-0.05, 0) is 78.7 Å². The van der Waals surface area contributed by atoms with Crippen LogP contribution in [-0.2, 0) is 6.54 Å². The first-order valence-electron chi connectivity index (χ1n) is 9.95. The van der Waals surface area contributed by atoms with E-state index in [2.05, 4.69) is 10.2 Å². The molecular weight excluding hydrogens is 364 g/mol. The van der Waals surface area contributed by atoms with Crippen molar-refractivity contribution in [2.45, 2.75) is 26.3 Å². The van der Waals surface area contributed by atoms with Gasteiger partial charge in [-0.2, -0.15) is 0 Å². The highest BCUT2D eigenvalue weighted by atomic mass is 16.4. The van der Waals surface area contributed by atoms with Crippen LogP contribution in [0.15, 0.2) is 42.5 Å². The maximum atomic E-state index is 11.6. The van der Waals surface area contributed by atoms with Crippen LogP contribution < -0.4 is 5.32 Å². The van der Waals surface area contributed by atoms with Crippen LogP contribution in [0.2, 0.25) is 0 Å². The van der Waals surface area contributed by atoms with Crippen LogP contribution in [0, 0.1) is 16.7 Å². The number of piperidine rings is 1. The van der Waals surface area contributed by atoms with Gasteiger partial charge in [0.05, 0.1) is 11.4 Å². The van der Waals surface area contributed by atoms with E-state index < -0.39 is 5.97 Å². The monoisotopic (exact) mass is 392 g/mol. The summed E-state index contributed by atoms with van der Waals surface area (Å²) >= 11 is 0. The lowest BCUT2D eigenvalue weighted by Gasteiger charge is -2.32. The molecule has 29 heavy (non-hydrogen) atoms. The summed E-state index contributed by atoms with van der Waals surface area (Å²) in [5.74, 6) is 0.282. The molecule has 0 aliphatic carbocycles. The molecule has 0 unspecified atom stereocenters. The average Bonchev–Trinajstić information content (AvgIpc) is 2.74. The smallest absolute Gasteiger partial charge is 0.335 e. The van der Waals surface area contributed by atoms with Crippen molar-refractivity contribution in [3.8, 4) is 11.1 Å². The Hall–Kier alpha value is -2.99. The first-order chi connectivity index (χ1) is 14.0. The summed E-state index contributed by atoms with van der Waals surface area (Å²) in [5.41, 5.74) is 3.75. The first kappa shape index (κ1) is 20.7. The summed E-state index contributed by atoms with van der Waals surface area (Å²) in [6, 6.07) is 13.0. The minimum absolute atomic E-state index is 0.273. The third-order valence-corrected chi connectivity index (χ3v) is 5.48. The van der Waals surface area contributed by atoms with E-state index in [-0.39, 0.29) is 5.56 Å². The van der Waals surface area contributed by atoms with Crippen LogP contribution in [0.1, 0.15) is 41.3 Å². The number of hydrogen-bond acceptors (Lipinski definition) is 4. The second-order valence-electron chi connectivity index (χ2n) is 7.64. The fourth-order valence-electron chi connectivity index (χ4n) is 3.79. The average molecular weight is 393 g/mol.